The van der Waals surface area contributed by atoms with E-state index < -0.39 is 14.9 Å². The molecule has 0 saturated heterocycles. The van der Waals surface area contributed by atoms with E-state index in [-0.39, 0.29) is 42.6 Å². The Balaban J connectivity index is 2.15. The molecule has 9 heteroatoms. The van der Waals surface area contributed by atoms with Crippen LogP contribution < -0.4 is 9.62 Å². The van der Waals surface area contributed by atoms with E-state index >= 15 is 0 Å². The lowest BCUT2D eigenvalue weighted by Gasteiger charge is -2.24. The van der Waals surface area contributed by atoms with Crippen molar-refractivity contribution in [2.24, 2.45) is 0 Å². The number of aryl methyl sites for hydroxylation is 2. The van der Waals surface area contributed by atoms with E-state index in [9.17, 15) is 23.3 Å². The Morgan fingerprint density at radius 2 is 1.84 bits per heavy atom. The Morgan fingerprint density at radius 1 is 1.16 bits per heavy atom. The minimum atomic E-state index is -3.69. The standard InChI is InChI=1S/C22H29N3O5S/c1-15(2)19-9-6-8-17(4)22(19)23-21(26)10-7-13-24(31(5,29)30)20-14-18(25(27)28)12-11-16(20)3/h6,8-9,11-12,14-15H,7,10,13H2,1-5H3,(H,23,26). The molecule has 0 bridgehead atoms. The van der Waals surface area contributed by atoms with Crippen LogP contribution in [0.15, 0.2) is 36.4 Å². The van der Waals surface area contributed by atoms with Crippen molar-refractivity contribution >= 4 is 33.0 Å². The number of rotatable bonds is 9. The first kappa shape index (κ1) is 24.3. The molecule has 31 heavy (non-hydrogen) atoms. The summed E-state index contributed by atoms with van der Waals surface area (Å²) in [5.41, 5.74) is 3.45. The summed E-state index contributed by atoms with van der Waals surface area (Å²) >= 11 is 0. The van der Waals surface area contributed by atoms with Crippen LogP contribution in [0.25, 0.3) is 0 Å². The van der Waals surface area contributed by atoms with Crippen molar-refractivity contribution in [2.75, 3.05) is 22.4 Å². The van der Waals surface area contributed by atoms with Crippen molar-refractivity contribution < 1.29 is 18.1 Å². The van der Waals surface area contributed by atoms with Gasteiger partial charge in [0, 0.05) is 30.8 Å². The average molecular weight is 448 g/mol. The van der Waals surface area contributed by atoms with Gasteiger partial charge in [0.25, 0.3) is 5.69 Å². The average Bonchev–Trinajstić information content (AvgIpc) is 2.66. The van der Waals surface area contributed by atoms with Gasteiger partial charge in [0.2, 0.25) is 15.9 Å². The van der Waals surface area contributed by atoms with Crippen molar-refractivity contribution in [1.82, 2.24) is 0 Å². The van der Waals surface area contributed by atoms with Crippen LogP contribution in [0, 0.1) is 24.0 Å². The van der Waals surface area contributed by atoms with Gasteiger partial charge >= 0.3 is 0 Å². The number of nitro groups is 1. The van der Waals surface area contributed by atoms with E-state index in [2.05, 4.69) is 19.2 Å². The predicted molar refractivity (Wildman–Crippen MR) is 123 cm³/mol. The summed E-state index contributed by atoms with van der Waals surface area (Å²) in [6, 6.07) is 9.96. The summed E-state index contributed by atoms with van der Waals surface area (Å²) in [5, 5.41) is 14.1. The largest absolute Gasteiger partial charge is 0.326 e. The molecule has 0 atom stereocenters. The quantitative estimate of drug-likeness (QED) is 0.449. The molecule has 0 heterocycles. The summed E-state index contributed by atoms with van der Waals surface area (Å²) in [6.45, 7) is 7.76. The maximum Gasteiger partial charge on any atom is 0.271 e. The maximum absolute atomic E-state index is 12.5. The molecule has 0 aliphatic rings. The lowest BCUT2D eigenvalue weighted by molar-refractivity contribution is -0.384. The van der Waals surface area contributed by atoms with E-state index in [4.69, 9.17) is 0 Å². The molecule has 2 rings (SSSR count). The van der Waals surface area contributed by atoms with Crippen molar-refractivity contribution in [1.29, 1.82) is 0 Å². The number of non-ortho nitro benzene ring substituents is 1. The molecule has 1 amide bonds. The van der Waals surface area contributed by atoms with Gasteiger partial charge in [0.15, 0.2) is 0 Å². The second kappa shape index (κ2) is 9.91. The number of nitro benzene ring substituents is 1. The normalized spacial score (nSPS) is 11.4. The van der Waals surface area contributed by atoms with Gasteiger partial charge in [-0.1, -0.05) is 38.1 Å². The predicted octanol–water partition coefficient (Wildman–Crippen LogP) is 4.52. The number of sulfonamides is 1. The molecular weight excluding hydrogens is 418 g/mol. The SMILES string of the molecule is Cc1ccc([N+](=O)[O-])cc1N(CCCC(=O)Nc1c(C)cccc1C(C)C)S(C)(=O)=O. The van der Waals surface area contributed by atoms with Crippen molar-refractivity contribution in [3.63, 3.8) is 0 Å². The third-order valence-corrected chi connectivity index (χ3v) is 6.21. The summed E-state index contributed by atoms with van der Waals surface area (Å²) in [4.78, 5) is 23.1. The highest BCUT2D eigenvalue weighted by molar-refractivity contribution is 7.92. The number of amides is 1. The van der Waals surface area contributed by atoms with E-state index in [1.54, 1.807) is 6.92 Å². The fraction of sp³-hybridized carbons (Fsp3) is 0.409. The summed E-state index contributed by atoms with van der Waals surface area (Å²) < 4.78 is 25.8. The van der Waals surface area contributed by atoms with Crippen molar-refractivity contribution in [3.8, 4) is 0 Å². The topological polar surface area (TPSA) is 110 Å². The molecule has 0 fully saturated rings. The number of anilines is 2. The van der Waals surface area contributed by atoms with E-state index in [0.29, 0.717) is 5.56 Å². The number of nitrogens with zero attached hydrogens (tertiary/aromatic N) is 2. The summed E-state index contributed by atoms with van der Waals surface area (Å²) in [5.74, 6) is 0.0354. The minimum absolute atomic E-state index is 0.0407. The number of hydrogen-bond acceptors (Lipinski definition) is 5. The van der Waals surface area contributed by atoms with Crippen molar-refractivity contribution in [3.05, 3.63) is 63.2 Å². The van der Waals surface area contributed by atoms with Crippen molar-refractivity contribution in [2.45, 2.75) is 46.5 Å². The summed E-state index contributed by atoms with van der Waals surface area (Å²) in [6.07, 6.45) is 1.43. The molecule has 0 unspecified atom stereocenters. The lowest BCUT2D eigenvalue weighted by Crippen LogP contribution is -2.32. The fourth-order valence-electron chi connectivity index (χ4n) is 3.37. The van der Waals surface area contributed by atoms with Gasteiger partial charge in [-0.05, 0) is 42.9 Å². The summed E-state index contributed by atoms with van der Waals surface area (Å²) in [7, 11) is -3.69. The zero-order valence-electron chi connectivity index (χ0n) is 18.5. The minimum Gasteiger partial charge on any atom is -0.326 e. The van der Waals surface area contributed by atoms with E-state index in [1.807, 2.05) is 25.1 Å². The molecular formula is C22H29N3O5S. The Kier molecular flexibility index (Phi) is 7.78. The molecule has 0 saturated carbocycles. The maximum atomic E-state index is 12.5. The molecule has 0 aromatic heterocycles. The van der Waals surface area contributed by atoms with Gasteiger partial charge in [-0.3, -0.25) is 19.2 Å². The highest BCUT2D eigenvalue weighted by Crippen LogP contribution is 2.29. The van der Waals surface area contributed by atoms with Gasteiger partial charge in [-0.2, -0.15) is 0 Å². The second-order valence-corrected chi connectivity index (χ2v) is 9.82. The number of para-hydroxylation sites is 1. The molecule has 0 aliphatic heterocycles. The molecule has 1 N–H and O–H groups in total. The number of benzene rings is 2. The second-order valence-electron chi connectivity index (χ2n) is 7.91. The van der Waals surface area contributed by atoms with E-state index in [0.717, 1.165) is 27.4 Å². The van der Waals surface area contributed by atoms with Crippen LogP contribution in [0.3, 0.4) is 0 Å². The van der Waals surface area contributed by atoms with E-state index in [1.165, 1.54) is 18.2 Å². The van der Waals surface area contributed by atoms with Gasteiger partial charge in [-0.15, -0.1) is 0 Å². The van der Waals surface area contributed by atoms with Crippen LogP contribution in [-0.2, 0) is 14.8 Å². The van der Waals surface area contributed by atoms with Crippen LogP contribution in [0.5, 0.6) is 0 Å². The Labute approximate surface area is 183 Å². The molecule has 0 radical (unpaired) electrons. The first-order chi connectivity index (χ1) is 14.4. The molecule has 0 aliphatic carbocycles. The first-order valence-electron chi connectivity index (χ1n) is 10.0. The third kappa shape index (κ3) is 6.27. The van der Waals surface area contributed by atoms with Gasteiger partial charge in [0.1, 0.15) is 0 Å². The number of hydrogen-bond donors (Lipinski definition) is 1. The van der Waals surface area contributed by atoms with Crippen LogP contribution in [0.4, 0.5) is 17.1 Å². The molecule has 0 spiro atoms. The third-order valence-electron chi connectivity index (χ3n) is 5.03. The zero-order valence-corrected chi connectivity index (χ0v) is 19.3. The number of carbonyl (C=O) groups excluding carboxylic acids is 1. The first-order valence-corrected chi connectivity index (χ1v) is 11.9. The monoisotopic (exact) mass is 447 g/mol. The van der Waals surface area contributed by atoms with Gasteiger partial charge in [-0.25, -0.2) is 8.42 Å². The fourth-order valence-corrected chi connectivity index (χ4v) is 4.39. The zero-order chi connectivity index (χ0) is 23.3. The van der Waals surface area contributed by atoms with Crippen LogP contribution >= 0.6 is 0 Å². The highest BCUT2D eigenvalue weighted by Gasteiger charge is 2.22. The Bertz CT molecular complexity index is 1080. The molecule has 2 aromatic rings. The Hall–Kier alpha value is -2.94. The van der Waals surface area contributed by atoms with Gasteiger partial charge in [0.05, 0.1) is 16.9 Å². The van der Waals surface area contributed by atoms with Gasteiger partial charge < -0.3 is 5.32 Å². The number of nitrogens with one attached hydrogen (secondary N) is 1. The number of carbonyl (C=O) groups is 1. The Morgan fingerprint density at radius 3 is 2.42 bits per heavy atom. The highest BCUT2D eigenvalue weighted by atomic mass is 32.2. The molecule has 168 valence electrons. The molecule has 2 aromatic carbocycles. The van der Waals surface area contributed by atoms with Crippen LogP contribution in [0.2, 0.25) is 0 Å². The molecule has 8 nitrogen and oxygen atoms in total. The lowest BCUT2D eigenvalue weighted by atomic mass is 9.98. The van der Waals surface area contributed by atoms with Crippen LogP contribution in [-0.4, -0.2) is 32.0 Å². The smallest absolute Gasteiger partial charge is 0.271 e. The van der Waals surface area contributed by atoms with Crippen LogP contribution in [0.1, 0.15) is 49.3 Å².